The van der Waals surface area contributed by atoms with Crippen LogP contribution >= 0.6 is 15.9 Å². The van der Waals surface area contributed by atoms with Crippen molar-refractivity contribution in [2.45, 2.75) is 6.54 Å². The van der Waals surface area contributed by atoms with Gasteiger partial charge in [-0.2, -0.15) is 0 Å². The predicted molar refractivity (Wildman–Crippen MR) is 113 cm³/mol. The first kappa shape index (κ1) is 21.8. The Bertz CT molecular complexity index is 964. The zero-order valence-electron chi connectivity index (χ0n) is 15.9. The van der Waals surface area contributed by atoms with Crippen LogP contribution in [0.1, 0.15) is 5.56 Å². The summed E-state index contributed by atoms with van der Waals surface area (Å²) in [7, 11) is 1.08. The number of sulfonamides is 1. The molecule has 10 heteroatoms. The highest BCUT2D eigenvalue weighted by Gasteiger charge is 2.11. The molecule has 0 saturated heterocycles. The van der Waals surface area contributed by atoms with Gasteiger partial charge in [0.05, 0.1) is 34.1 Å². The lowest BCUT2D eigenvalue weighted by atomic mass is 10.2. The molecule has 0 aromatic heterocycles. The summed E-state index contributed by atoms with van der Waals surface area (Å²) in [4.78, 5) is 4.36. The van der Waals surface area contributed by atoms with E-state index in [1.165, 1.54) is 14.2 Å². The highest BCUT2D eigenvalue weighted by atomic mass is 79.9. The lowest BCUT2D eigenvalue weighted by Crippen LogP contribution is -2.35. The number of hydrogen-bond acceptors (Lipinski definition) is 6. The van der Waals surface area contributed by atoms with E-state index < -0.39 is 10.0 Å². The van der Waals surface area contributed by atoms with Crippen LogP contribution in [0.25, 0.3) is 0 Å². The third kappa shape index (κ3) is 6.31. The topological polar surface area (TPSA) is 98.2 Å². The zero-order valence-corrected chi connectivity index (χ0v) is 18.3. The van der Waals surface area contributed by atoms with E-state index in [0.29, 0.717) is 22.9 Å². The van der Waals surface area contributed by atoms with Crippen molar-refractivity contribution >= 4 is 37.6 Å². The first-order valence-electron chi connectivity index (χ1n) is 8.09. The molecule has 2 aromatic rings. The number of benzene rings is 2. The highest BCUT2D eigenvalue weighted by Crippen LogP contribution is 2.29. The third-order valence-electron chi connectivity index (χ3n) is 3.58. The monoisotopic (exact) mass is 471 g/mol. The van der Waals surface area contributed by atoms with E-state index in [9.17, 15) is 8.42 Å². The number of halogens is 1. The molecule has 0 aliphatic rings. The summed E-state index contributed by atoms with van der Waals surface area (Å²) in [5.41, 5.74) is 1.37. The maximum Gasteiger partial charge on any atom is 0.232 e. The van der Waals surface area contributed by atoms with Gasteiger partial charge < -0.3 is 19.5 Å². The molecule has 0 unspecified atom stereocenters. The van der Waals surface area contributed by atoms with Crippen molar-refractivity contribution < 1.29 is 22.6 Å². The summed E-state index contributed by atoms with van der Waals surface area (Å²) in [6, 6.07) is 10.6. The molecule has 0 bridgehead atoms. The number of nitrogens with one attached hydrogen (secondary N) is 2. The van der Waals surface area contributed by atoms with E-state index in [1.807, 2.05) is 12.1 Å². The fourth-order valence-electron chi connectivity index (χ4n) is 2.36. The van der Waals surface area contributed by atoms with Gasteiger partial charge in [-0.25, -0.2) is 13.4 Å². The van der Waals surface area contributed by atoms with E-state index in [0.717, 1.165) is 16.3 Å². The van der Waals surface area contributed by atoms with Crippen LogP contribution in [0.3, 0.4) is 0 Å². The van der Waals surface area contributed by atoms with Crippen LogP contribution in [-0.2, 0) is 16.6 Å². The van der Waals surface area contributed by atoms with Crippen molar-refractivity contribution in [2.24, 2.45) is 4.99 Å². The number of ether oxygens (including phenoxy) is 3. The molecule has 2 rings (SSSR count). The van der Waals surface area contributed by atoms with Gasteiger partial charge in [-0.3, -0.25) is 4.72 Å². The minimum Gasteiger partial charge on any atom is -0.496 e. The smallest absolute Gasteiger partial charge is 0.232 e. The Morgan fingerprint density at radius 2 is 1.64 bits per heavy atom. The first-order valence-corrected chi connectivity index (χ1v) is 10.8. The molecule has 2 N–H and O–H groups in total. The molecule has 28 heavy (non-hydrogen) atoms. The van der Waals surface area contributed by atoms with Crippen LogP contribution < -0.4 is 24.2 Å². The Labute approximate surface area is 173 Å². The highest BCUT2D eigenvalue weighted by molar-refractivity contribution is 9.10. The van der Waals surface area contributed by atoms with Crippen LogP contribution in [0.2, 0.25) is 0 Å². The number of hydrogen-bond donors (Lipinski definition) is 2. The zero-order chi connectivity index (χ0) is 20.7. The molecule has 2 aromatic carbocycles. The molecule has 0 spiro atoms. The summed E-state index contributed by atoms with van der Waals surface area (Å²) in [6.45, 7) is 0.195. The Hall–Kier alpha value is -2.46. The summed E-state index contributed by atoms with van der Waals surface area (Å²) >= 11 is 3.41. The summed E-state index contributed by atoms with van der Waals surface area (Å²) in [5, 5.41) is 2.96. The molecular formula is C18H22BrN3O5S. The van der Waals surface area contributed by atoms with Gasteiger partial charge in [0.1, 0.15) is 5.75 Å². The number of rotatable bonds is 7. The first-order chi connectivity index (χ1) is 13.3. The average Bonchev–Trinajstić information content (AvgIpc) is 2.65. The van der Waals surface area contributed by atoms with Crippen LogP contribution in [-0.4, -0.2) is 42.0 Å². The Balaban J connectivity index is 2.32. The second-order valence-corrected chi connectivity index (χ2v) is 8.35. The minimum absolute atomic E-state index is 0.0664. The van der Waals surface area contributed by atoms with E-state index >= 15 is 0 Å². The lowest BCUT2D eigenvalue weighted by molar-refractivity contribution is 0.355. The molecule has 8 nitrogen and oxygen atoms in total. The largest absolute Gasteiger partial charge is 0.496 e. The van der Waals surface area contributed by atoms with Gasteiger partial charge >= 0.3 is 0 Å². The van der Waals surface area contributed by atoms with Crippen LogP contribution in [0.4, 0.5) is 5.69 Å². The average molecular weight is 472 g/mol. The lowest BCUT2D eigenvalue weighted by Gasteiger charge is -2.14. The van der Waals surface area contributed by atoms with Crippen LogP contribution in [0.5, 0.6) is 17.2 Å². The SMILES string of the molecule is COc1ccc(Br)cc1CN=C(Nc1ccc(OC)c(OC)c1)NS(C)(=O)=O. The molecule has 0 aliphatic carbocycles. The number of anilines is 1. The van der Waals surface area contributed by atoms with E-state index in [2.05, 4.69) is 31.0 Å². The fourth-order valence-corrected chi connectivity index (χ4v) is 3.23. The van der Waals surface area contributed by atoms with Crippen LogP contribution in [0.15, 0.2) is 45.9 Å². The standard InChI is InChI=1S/C18H22BrN3O5S/c1-25-15-7-5-13(19)9-12(15)11-20-18(22-28(4,23)24)21-14-6-8-16(26-2)17(10-14)27-3/h5-10H,11H2,1-4H3,(H2,20,21,22). The van der Waals surface area contributed by atoms with E-state index in [4.69, 9.17) is 14.2 Å². The Morgan fingerprint density at radius 3 is 2.25 bits per heavy atom. The van der Waals surface area contributed by atoms with E-state index in [1.54, 1.807) is 31.4 Å². The molecule has 152 valence electrons. The quantitative estimate of drug-likeness (QED) is 0.475. The van der Waals surface area contributed by atoms with Gasteiger partial charge in [-0.1, -0.05) is 15.9 Å². The third-order valence-corrected chi connectivity index (χ3v) is 4.64. The predicted octanol–water partition coefficient (Wildman–Crippen LogP) is 2.99. The molecule has 0 atom stereocenters. The van der Waals surface area contributed by atoms with Gasteiger partial charge in [-0.15, -0.1) is 0 Å². The summed E-state index contributed by atoms with van der Waals surface area (Å²) in [6.07, 6.45) is 1.05. The minimum atomic E-state index is -3.54. The van der Waals surface area contributed by atoms with Gasteiger partial charge in [0.2, 0.25) is 16.0 Å². The molecule has 0 radical (unpaired) electrons. The van der Waals surface area contributed by atoms with E-state index in [-0.39, 0.29) is 12.5 Å². The molecular weight excluding hydrogens is 450 g/mol. The van der Waals surface area contributed by atoms with Crippen molar-refractivity contribution in [3.8, 4) is 17.2 Å². The number of methoxy groups -OCH3 is 3. The molecule has 0 saturated carbocycles. The number of nitrogens with zero attached hydrogens (tertiary/aromatic N) is 1. The summed E-state index contributed by atoms with van der Waals surface area (Å²) < 4.78 is 42.5. The molecule has 0 fully saturated rings. The van der Waals surface area contributed by atoms with Gasteiger partial charge in [0, 0.05) is 21.8 Å². The van der Waals surface area contributed by atoms with Crippen molar-refractivity contribution in [1.82, 2.24) is 4.72 Å². The second kappa shape index (κ2) is 9.65. The number of aliphatic imine (C=N–C) groups is 1. The Kier molecular flexibility index (Phi) is 7.53. The Morgan fingerprint density at radius 1 is 1.00 bits per heavy atom. The van der Waals surface area contributed by atoms with Crippen molar-refractivity contribution in [2.75, 3.05) is 32.9 Å². The maximum atomic E-state index is 11.7. The number of guanidine groups is 1. The van der Waals surface area contributed by atoms with Crippen molar-refractivity contribution in [3.63, 3.8) is 0 Å². The van der Waals surface area contributed by atoms with Gasteiger partial charge in [0.25, 0.3) is 0 Å². The normalized spacial score (nSPS) is 11.7. The van der Waals surface area contributed by atoms with Crippen molar-refractivity contribution in [1.29, 1.82) is 0 Å². The molecule has 0 heterocycles. The maximum absolute atomic E-state index is 11.7. The van der Waals surface area contributed by atoms with Crippen molar-refractivity contribution in [3.05, 3.63) is 46.4 Å². The van der Waals surface area contributed by atoms with Gasteiger partial charge in [0.15, 0.2) is 11.5 Å². The second-order valence-electron chi connectivity index (χ2n) is 5.69. The molecule has 0 aliphatic heterocycles. The molecule has 0 amide bonds. The summed E-state index contributed by atoms with van der Waals surface area (Å²) in [5.74, 6) is 1.77. The van der Waals surface area contributed by atoms with Gasteiger partial charge in [-0.05, 0) is 30.3 Å². The van der Waals surface area contributed by atoms with Crippen LogP contribution in [0, 0.1) is 0 Å². The fraction of sp³-hybridized carbons (Fsp3) is 0.278.